The Balaban J connectivity index is 3.01. The summed E-state index contributed by atoms with van der Waals surface area (Å²) in [6.07, 6.45) is 1.65. The van der Waals surface area contributed by atoms with Crippen LogP contribution in [0.25, 0.3) is 0 Å². The first-order valence-electron chi connectivity index (χ1n) is 2.31. The van der Waals surface area contributed by atoms with Crippen molar-refractivity contribution < 1.29 is 9.46 Å². The fourth-order valence-electron chi connectivity index (χ4n) is 0.602. The van der Waals surface area contributed by atoms with Crippen LogP contribution in [-0.2, 0) is 4.57 Å². The molecule has 0 saturated heterocycles. The molecule has 0 fully saturated rings. The van der Waals surface area contributed by atoms with Crippen molar-refractivity contribution in [2.24, 2.45) is 0 Å². The summed E-state index contributed by atoms with van der Waals surface area (Å²) in [5, 5.41) is 0. The third kappa shape index (κ3) is 1.09. The highest BCUT2D eigenvalue weighted by molar-refractivity contribution is 7.64. The van der Waals surface area contributed by atoms with Gasteiger partial charge in [0.2, 0.25) is 7.37 Å². The molecule has 1 atom stereocenters. The summed E-state index contributed by atoms with van der Waals surface area (Å²) in [6, 6.07) is 0. The van der Waals surface area contributed by atoms with Gasteiger partial charge in [0.05, 0.1) is 0 Å². The number of hydrogen-bond acceptors (Lipinski definition) is 1. The summed E-state index contributed by atoms with van der Waals surface area (Å²) < 4.78 is 10.6. The average molecular weight is 130 g/mol. The Kier molecular flexibility index (Phi) is 1.14. The van der Waals surface area contributed by atoms with Crippen LogP contribution in [0.2, 0.25) is 0 Å². The summed E-state index contributed by atoms with van der Waals surface area (Å²) in [6.45, 7) is 1.80. The molecule has 1 rings (SSSR count). The zero-order valence-corrected chi connectivity index (χ0v) is 5.43. The SMILES string of the molecule is CC1=CP(=O)(O)C=C1. The zero-order valence-electron chi connectivity index (χ0n) is 4.53. The van der Waals surface area contributed by atoms with E-state index >= 15 is 0 Å². The Bertz CT molecular complexity index is 202. The van der Waals surface area contributed by atoms with Gasteiger partial charge >= 0.3 is 0 Å². The van der Waals surface area contributed by atoms with E-state index in [1.807, 2.05) is 0 Å². The van der Waals surface area contributed by atoms with Crippen LogP contribution >= 0.6 is 7.37 Å². The fourth-order valence-corrected chi connectivity index (χ4v) is 1.81. The van der Waals surface area contributed by atoms with E-state index in [-0.39, 0.29) is 0 Å². The molecule has 1 heterocycles. The predicted molar refractivity (Wildman–Crippen MR) is 32.7 cm³/mol. The van der Waals surface area contributed by atoms with Crippen molar-refractivity contribution in [3.63, 3.8) is 0 Å². The molecular weight excluding hydrogens is 123 g/mol. The van der Waals surface area contributed by atoms with E-state index in [1.165, 1.54) is 11.6 Å². The molecule has 1 aliphatic heterocycles. The van der Waals surface area contributed by atoms with Gasteiger partial charge in [-0.2, -0.15) is 0 Å². The van der Waals surface area contributed by atoms with Crippen LogP contribution in [0.4, 0.5) is 0 Å². The third-order valence-corrected chi connectivity index (χ3v) is 2.29. The summed E-state index contributed by atoms with van der Waals surface area (Å²) in [5.41, 5.74) is 0.871. The van der Waals surface area contributed by atoms with Crippen molar-refractivity contribution in [1.29, 1.82) is 0 Å². The quantitative estimate of drug-likeness (QED) is 0.506. The maximum absolute atomic E-state index is 10.6. The molecule has 2 nitrogen and oxygen atoms in total. The molecule has 1 aliphatic rings. The van der Waals surface area contributed by atoms with Gasteiger partial charge in [-0.3, -0.25) is 4.57 Å². The lowest BCUT2D eigenvalue weighted by Gasteiger charge is -1.89. The van der Waals surface area contributed by atoms with Gasteiger partial charge in [-0.25, -0.2) is 0 Å². The van der Waals surface area contributed by atoms with Crippen LogP contribution in [0.15, 0.2) is 23.3 Å². The zero-order chi connectivity index (χ0) is 6.20. The molecule has 0 radical (unpaired) electrons. The molecule has 0 spiro atoms. The molecular formula is C5H7O2P. The summed E-state index contributed by atoms with van der Waals surface area (Å²) in [5.74, 6) is 2.72. The fraction of sp³-hybridized carbons (Fsp3) is 0.200. The Morgan fingerprint density at radius 1 is 1.75 bits per heavy atom. The average Bonchev–Trinajstić information content (AvgIpc) is 1.82. The highest BCUT2D eigenvalue weighted by Gasteiger charge is 2.13. The van der Waals surface area contributed by atoms with Crippen LogP contribution in [0.5, 0.6) is 0 Å². The first-order valence-corrected chi connectivity index (χ1v) is 4.11. The van der Waals surface area contributed by atoms with Crippen molar-refractivity contribution in [2.75, 3.05) is 0 Å². The lowest BCUT2D eigenvalue weighted by atomic mass is 10.4. The van der Waals surface area contributed by atoms with Gasteiger partial charge in [-0.15, -0.1) is 0 Å². The van der Waals surface area contributed by atoms with Crippen LogP contribution in [0.1, 0.15) is 6.92 Å². The Labute approximate surface area is 48.0 Å². The molecule has 0 aromatic heterocycles. The van der Waals surface area contributed by atoms with Crippen molar-refractivity contribution in [1.82, 2.24) is 0 Å². The third-order valence-electron chi connectivity index (χ3n) is 0.940. The van der Waals surface area contributed by atoms with Crippen LogP contribution < -0.4 is 0 Å². The van der Waals surface area contributed by atoms with Crippen molar-refractivity contribution in [3.8, 4) is 0 Å². The Hall–Kier alpha value is -0.330. The summed E-state index contributed by atoms with van der Waals surface area (Å²) in [7, 11) is -2.94. The minimum atomic E-state index is -2.94. The lowest BCUT2D eigenvalue weighted by Crippen LogP contribution is -1.59. The first-order chi connectivity index (χ1) is 3.60. The largest absolute Gasteiger partial charge is 0.339 e. The van der Waals surface area contributed by atoms with E-state index in [0.29, 0.717) is 0 Å². The van der Waals surface area contributed by atoms with Crippen molar-refractivity contribution in [3.05, 3.63) is 23.3 Å². The van der Waals surface area contributed by atoms with Gasteiger partial charge in [0.15, 0.2) is 0 Å². The van der Waals surface area contributed by atoms with Crippen molar-refractivity contribution >= 4 is 7.37 Å². The van der Waals surface area contributed by atoms with Gasteiger partial charge in [0.1, 0.15) is 0 Å². The smallest absolute Gasteiger partial charge is 0.245 e. The lowest BCUT2D eigenvalue weighted by molar-refractivity contribution is 0.500. The molecule has 0 saturated carbocycles. The van der Waals surface area contributed by atoms with E-state index in [9.17, 15) is 4.57 Å². The summed E-state index contributed by atoms with van der Waals surface area (Å²) >= 11 is 0. The standard InChI is InChI=1S/C5H7O2P/c1-5-2-3-8(6,7)4-5/h2-4H,1H3,(H,6,7). The minimum Gasteiger partial charge on any atom is -0.339 e. The van der Waals surface area contributed by atoms with Crippen LogP contribution in [0, 0.1) is 0 Å². The van der Waals surface area contributed by atoms with Crippen LogP contribution in [0.3, 0.4) is 0 Å². The molecule has 0 aromatic carbocycles. The molecule has 0 aliphatic carbocycles. The van der Waals surface area contributed by atoms with E-state index in [2.05, 4.69) is 0 Å². The highest BCUT2D eigenvalue weighted by atomic mass is 31.2. The van der Waals surface area contributed by atoms with Gasteiger partial charge in [0, 0.05) is 11.6 Å². The van der Waals surface area contributed by atoms with Gasteiger partial charge in [-0.05, 0) is 12.5 Å². The second-order valence-electron chi connectivity index (χ2n) is 1.86. The number of allylic oxidation sites excluding steroid dienone is 2. The van der Waals surface area contributed by atoms with Gasteiger partial charge < -0.3 is 4.89 Å². The van der Waals surface area contributed by atoms with E-state index in [0.717, 1.165) is 5.57 Å². The molecule has 44 valence electrons. The number of hydrogen-bond donors (Lipinski definition) is 1. The molecule has 0 bridgehead atoms. The van der Waals surface area contributed by atoms with Gasteiger partial charge in [0.25, 0.3) is 0 Å². The molecule has 1 unspecified atom stereocenters. The first kappa shape index (κ1) is 5.80. The second-order valence-corrected chi connectivity index (χ2v) is 3.76. The number of rotatable bonds is 0. The topological polar surface area (TPSA) is 37.3 Å². The van der Waals surface area contributed by atoms with E-state index in [4.69, 9.17) is 4.89 Å². The van der Waals surface area contributed by atoms with E-state index < -0.39 is 7.37 Å². The predicted octanol–water partition coefficient (Wildman–Crippen LogP) is 1.69. The Morgan fingerprint density at radius 2 is 2.38 bits per heavy atom. The molecule has 3 heteroatoms. The Morgan fingerprint density at radius 3 is 2.50 bits per heavy atom. The van der Waals surface area contributed by atoms with Crippen molar-refractivity contribution in [2.45, 2.75) is 6.92 Å². The molecule has 1 N–H and O–H groups in total. The highest BCUT2D eigenvalue weighted by Crippen LogP contribution is 2.49. The molecule has 0 amide bonds. The van der Waals surface area contributed by atoms with Gasteiger partial charge in [-0.1, -0.05) is 6.08 Å². The maximum Gasteiger partial charge on any atom is 0.245 e. The minimum absolute atomic E-state index is 0.871. The maximum atomic E-state index is 10.6. The summed E-state index contributed by atoms with van der Waals surface area (Å²) in [4.78, 5) is 8.76. The van der Waals surface area contributed by atoms with Crippen LogP contribution in [-0.4, -0.2) is 4.89 Å². The normalized spacial score (nSPS) is 35.5. The molecule has 8 heavy (non-hydrogen) atoms. The monoisotopic (exact) mass is 130 g/mol. The molecule has 0 aromatic rings. The second kappa shape index (κ2) is 1.57. The van der Waals surface area contributed by atoms with E-state index in [1.54, 1.807) is 13.0 Å².